The van der Waals surface area contributed by atoms with Gasteiger partial charge in [0, 0.05) is 19.0 Å². The van der Waals surface area contributed by atoms with Gasteiger partial charge in [-0.1, -0.05) is 13.8 Å². The molecule has 1 aromatic rings. The first kappa shape index (κ1) is 18.5. The van der Waals surface area contributed by atoms with Crippen LogP contribution in [0.1, 0.15) is 62.8 Å². The van der Waals surface area contributed by atoms with Crippen LogP contribution in [0.5, 0.6) is 0 Å². The average Bonchev–Trinajstić information content (AvgIpc) is 3.04. The van der Waals surface area contributed by atoms with Gasteiger partial charge in [-0.15, -0.1) is 0 Å². The fourth-order valence-electron chi connectivity index (χ4n) is 4.05. The van der Waals surface area contributed by atoms with E-state index < -0.39 is 5.60 Å². The number of rotatable bonds is 4. The summed E-state index contributed by atoms with van der Waals surface area (Å²) in [4.78, 5) is 17.0. The molecule has 1 N–H and O–H groups in total. The summed E-state index contributed by atoms with van der Waals surface area (Å²) in [5.74, 6) is 2.18. The van der Waals surface area contributed by atoms with Crippen LogP contribution in [-0.4, -0.2) is 52.6 Å². The number of furan rings is 1. The van der Waals surface area contributed by atoms with Crippen molar-refractivity contribution in [3.05, 3.63) is 23.7 Å². The average molecular weight is 348 g/mol. The predicted octanol–water partition coefficient (Wildman–Crippen LogP) is 3.13. The Morgan fingerprint density at radius 1 is 1.32 bits per heavy atom. The van der Waals surface area contributed by atoms with Crippen molar-refractivity contribution >= 4 is 5.91 Å². The van der Waals surface area contributed by atoms with E-state index in [1.54, 1.807) is 6.07 Å². The van der Waals surface area contributed by atoms with Crippen LogP contribution in [0.2, 0.25) is 0 Å². The molecule has 25 heavy (non-hydrogen) atoms. The summed E-state index contributed by atoms with van der Waals surface area (Å²) in [5, 5.41) is 10.4. The highest BCUT2D eigenvalue weighted by Gasteiger charge is 2.38. The molecule has 5 heteroatoms. The van der Waals surface area contributed by atoms with Gasteiger partial charge >= 0.3 is 0 Å². The van der Waals surface area contributed by atoms with Crippen molar-refractivity contribution in [2.24, 2.45) is 11.8 Å². The Labute approximate surface area is 151 Å². The molecular weight excluding hydrogens is 316 g/mol. The smallest absolute Gasteiger partial charge is 0.289 e. The van der Waals surface area contributed by atoms with Crippen LogP contribution in [-0.2, 0) is 6.54 Å². The molecule has 0 saturated carbocycles. The van der Waals surface area contributed by atoms with Crippen molar-refractivity contribution in [1.29, 1.82) is 0 Å². The van der Waals surface area contributed by atoms with Crippen molar-refractivity contribution < 1.29 is 14.3 Å². The molecule has 0 aromatic carbocycles. The highest BCUT2D eigenvalue weighted by molar-refractivity contribution is 5.91. The number of likely N-dealkylation sites (tertiary alicyclic amines) is 2. The molecule has 5 nitrogen and oxygen atoms in total. The second-order valence-electron chi connectivity index (χ2n) is 8.19. The minimum Gasteiger partial charge on any atom is -0.455 e. The molecule has 0 bridgehead atoms. The van der Waals surface area contributed by atoms with E-state index in [9.17, 15) is 9.90 Å². The SMILES string of the molecule is CC[C@@H]1CN(C(=O)c2ccc(CN3CCC(C)CC3)o2)CC[C@]1(C)O. The van der Waals surface area contributed by atoms with Gasteiger partial charge in [-0.25, -0.2) is 0 Å². The standard InChI is InChI=1S/C20H32N2O3/c1-4-16-13-22(12-9-20(16,3)24)19(23)18-6-5-17(25-18)14-21-10-7-15(2)8-11-21/h5-6,15-16,24H,4,7-14H2,1-3H3/t16-,20+/m1/s1. The molecule has 0 radical (unpaired) electrons. The molecule has 1 aromatic heterocycles. The van der Waals surface area contributed by atoms with Gasteiger partial charge in [0.05, 0.1) is 12.1 Å². The molecular formula is C20H32N2O3. The Morgan fingerprint density at radius 3 is 2.72 bits per heavy atom. The Hall–Kier alpha value is -1.33. The minimum atomic E-state index is -0.675. The maximum atomic E-state index is 12.8. The molecule has 2 aliphatic heterocycles. The summed E-state index contributed by atoms with van der Waals surface area (Å²) in [7, 11) is 0. The molecule has 3 rings (SSSR count). The summed E-state index contributed by atoms with van der Waals surface area (Å²) in [6.45, 7) is 10.4. The lowest BCUT2D eigenvalue weighted by Gasteiger charge is -2.42. The third kappa shape index (κ3) is 4.26. The molecule has 3 heterocycles. The molecule has 0 spiro atoms. The lowest BCUT2D eigenvalue weighted by atomic mass is 9.81. The normalized spacial score (nSPS) is 29.1. The largest absolute Gasteiger partial charge is 0.455 e. The summed E-state index contributed by atoms with van der Waals surface area (Å²) in [6.07, 6.45) is 3.96. The number of carbonyl (C=O) groups excluding carboxylic acids is 1. The Kier molecular flexibility index (Phi) is 5.54. The van der Waals surface area contributed by atoms with E-state index in [0.29, 0.717) is 25.3 Å². The van der Waals surface area contributed by atoms with Crippen molar-refractivity contribution in [1.82, 2.24) is 9.80 Å². The van der Waals surface area contributed by atoms with Gasteiger partial charge in [-0.3, -0.25) is 9.69 Å². The molecule has 2 fully saturated rings. The third-order valence-electron chi connectivity index (χ3n) is 6.12. The quantitative estimate of drug-likeness (QED) is 0.908. The van der Waals surface area contributed by atoms with Crippen molar-refractivity contribution in [2.75, 3.05) is 26.2 Å². The molecule has 2 saturated heterocycles. The summed E-state index contributed by atoms with van der Waals surface area (Å²) in [6, 6.07) is 3.74. The number of amides is 1. The Bertz CT molecular complexity index is 588. The summed E-state index contributed by atoms with van der Waals surface area (Å²) < 4.78 is 5.85. The van der Waals surface area contributed by atoms with Gasteiger partial charge in [-0.05, 0) is 63.7 Å². The fraction of sp³-hybridized carbons (Fsp3) is 0.750. The topological polar surface area (TPSA) is 56.9 Å². The lowest BCUT2D eigenvalue weighted by Crippen LogP contribution is -2.51. The van der Waals surface area contributed by atoms with Crippen LogP contribution >= 0.6 is 0 Å². The van der Waals surface area contributed by atoms with Crippen LogP contribution in [0.3, 0.4) is 0 Å². The van der Waals surface area contributed by atoms with E-state index in [-0.39, 0.29) is 11.8 Å². The first-order valence-electron chi connectivity index (χ1n) is 9.71. The van der Waals surface area contributed by atoms with E-state index in [1.807, 2.05) is 17.9 Å². The maximum Gasteiger partial charge on any atom is 0.289 e. The van der Waals surface area contributed by atoms with Gasteiger partial charge < -0.3 is 14.4 Å². The van der Waals surface area contributed by atoms with Gasteiger partial charge in [-0.2, -0.15) is 0 Å². The van der Waals surface area contributed by atoms with Gasteiger partial charge in [0.15, 0.2) is 5.76 Å². The van der Waals surface area contributed by atoms with Crippen molar-refractivity contribution in [3.63, 3.8) is 0 Å². The Balaban J connectivity index is 1.59. The highest BCUT2D eigenvalue weighted by atomic mass is 16.4. The zero-order chi connectivity index (χ0) is 18.0. The predicted molar refractivity (Wildman–Crippen MR) is 97.3 cm³/mol. The lowest BCUT2D eigenvalue weighted by molar-refractivity contribution is -0.0526. The number of aliphatic hydroxyl groups is 1. The Morgan fingerprint density at radius 2 is 2.04 bits per heavy atom. The number of hydrogen-bond donors (Lipinski definition) is 1. The highest BCUT2D eigenvalue weighted by Crippen LogP contribution is 2.31. The second-order valence-corrected chi connectivity index (χ2v) is 8.19. The zero-order valence-corrected chi connectivity index (χ0v) is 15.8. The first-order chi connectivity index (χ1) is 11.9. The molecule has 0 unspecified atom stereocenters. The second kappa shape index (κ2) is 7.50. The number of piperidine rings is 2. The minimum absolute atomic E-state index is 0.0486. The third-order valence-corrected chi connectivity index (χ3v) is 6.12. The number of hydrogen-bond acceptors (Lipinski definition) is 4. The van der Waals surface area contributed by atoms with Gasteiger partial charge in [0.1, 0.15) is 5.76 Å². The van der Waals surface area contributed by atoms with E-state index in [0.717, 1.165) is 37.7 Å². The maximum absolute atomic E-state index is 12.8. The number of nitrogens with zero attached hydrogens (tertiary/aromatic N) is 2. The molecule has 1 amide bonds. The van der Waals surface area contributed by atoms with Crippen molar-refractivity contribution in [2.45, 2.75) is 58.6 Å². The van der Waals surface area contributed by atoms with Crippen LogP contribution in [0.15, 0.2) is 16.5 Å². The monoisotopic (exact) mass is 348 g/mol. The van der Waals surface area contributed by atoms with Crippen LogP contribution in [0, 0.1) is 11.8 Å². The molecule has 2 atom stereocenters. The summed E-state index contributed by atoms with van der Waals surface area (Å²) >= 11 is 0. The van der Waals surface area contributed by atoms with E-state index in [2.05, 4.69) is 18.7 Å². The molecule has 0 aliphatic carbocycles. The van der Waals surface area contributed by atoms with Gasteiger partial charge in [0.2, 0.25) is 0 Å². The van der Waals surface area contributed by atoms with Crippen molar-refractivity contribution in [3.8, 4) is 0 Å². The number of carbonyl (C=O) groups is 1. The van der Waals surface area contributed by atoms with Gasteiger partial charge in [0.25, 0.3) is 5.91 Å². The molecule has 140 valence electrons. The van der Waals surface area contributed by atoms with E-state index >= 15 is 0 Å². The van der Waals surface area contributed by atoms with Crippen LogP contribution in [0.4, 0.5) is 0 Å². The van der Waals surface area contributed by atoms with E-state index in [1.165, 1.54) is 12.8 Å². The summed E-state index contributed by atoms with van der Waals surface area (Å²) in [5.41, 5.74) is -0.675. The molecule has 2 aliphatic rings. The van der Waals surface area contributed by atoms with Crippen LogP contribution in [0.25, 0.3) is 0 Å². The van der Waals surface area contributed by atoms with Crippen LogP contribution < -0.4 is 0 Å². The first-order valence-corrected chi connectivity index (χ1v) is 9.71. The zero-order valence-electron chi connectivity index (χ0n) is 15.8. The van der Waals surface area contributed by atoms with E-state index in [4.69, 9.17) is 4.42 Å². The fourth-order valence-corrected chi connectivity index (χ4v) is 4.05.